The highest BCUT2D eigenvalue weighted by atomic mass is 16.5. The Bertz CT molecular complexity index is 665. The van der Waals surface area contributed by atoms with Gasteiger partial charge in [-0.15, -0.1) is 0 Å². The minimum absolute atomic E-state index is 0.155. The minimum atomic E-state index is -0.963. The van der Waals surface area contributed by atoms with Gasteiger partial charge >= 0.3 is 5.97 Å². The largest absolute Gasteiger partial charge is 0.481 e. The molecule has 21 heavy (non-hydrogen) atoms. The lowest BCUT2D eigenvalue weighted by Gasteiger charge is -2.21. The van der Waals surface area contributed by atoms with E-state index in [1.807, 2.05) is 37.3 Å². The Hall–Kier alpha value is -2.14. The van der Waals surface area contributed by atoms with Crippen molar-refractivity contribution in [2.45, 2.75) is 18.6 Å². The Labute approximate surface area is 121 Å². The quantitative estimate of drug-likeness (QED) is 0.833. The lowest BCUT2D eigenvalue weighted by atomic mass is 9.77. The zero-order chi connectivity index (χ0) is 14.8. The second kappa shape index (κ2) is 3.95. The van der Waals surface area contributed by atoms with Crippen molar-refractivity contribution in [2.24, 2.45) is 11.8 Å². The van der Waals surface area contributed by atoms with Gasteiger partial charge in [-0.05, 0) is 19.1 Å². The van der Waals surface area contributed by atoms with E-state index >= 15 is 0 Å². The highest BCUT2D eigenvalue weighted by Crippen LogP contribution is 2.52. The lowest BCUT2D eigenvalue weighted by molar-refractivity contribution is -0.146. The third kappa shape index (κ3) is 1.55. The average molecular weight is 285 g/mol. The molecule has 2 bridgehead atoms. The first-order valence-corrected chi connectivity index (χ1v) is 7.00. The molecule has 0 radical (unpaired) electrons. The number of hydrogen-bond donors (Lipinski definition) is 1. The van der Waals surface area contributed by atoms with E-state index in [1.165, 1.54) is 0 Å². The summed E-state index contributed by atoms with van der Waals surface area (Å²) in [5.41, 5.74) is 1.14. The van der Waals surface area contributed by atoms with Crippen LogP contribution in [0, 0.1) is 18.8 Å². The molecule has 4 atom stereocenters. The third-order valence-electron chi connectivity index (χ3n) is 4.73. The van der Waals surface area contributed by atoms with E-state index in [9.17, 15) is 14.7 Å². The number of anilines is 1. The van der Waals surface area contributed by atoms with Crippen molar-refractivity contribution in [1.82, 2.24) is 0 Å². The number of benzene rings is 1. The average Bonchev–Trinajstić information content (AvgIpc) is 3.08. The van der Waals surface area contributed by atoms with Crippen LogP contribution in [0.25, 0.3) is 0 Å². The summed E-state index contributed by atoms with van der Waals surface area (Å²) >= 11 is 0. The van der Waals surface area contributed by atoms with E-state index < -0.39 is 29.5 Å². The smallest absolute Gasteiger partial charge is 0.310 e. The van der Waals surface area contributed by atoms with Crippen molar-refractivity contribution in [1.29, 1.82) is 0 Å². The molecule has 5 nitrogen and oxygen atoms in total. The molecular weight excluding hydrogens is 270 g/mol. The van der Waals surface area contributed by atoms with Crippen molar-refractivity contribution in [2.75, 3.05) is 11.4 Å². The number of ether oxygens (including phenoxy) is 1. The first-order chi connectivity index (χ1) is 10.0. The van der Waals surface area contributed by atoms with Gasteiger partial charge in [0.1, 0.15) is 11.5 Å². The monoisotopic (exact) mass is 285 g/mol. The second-order valence-corrected chi connectivity index (χ2v) is 6.00. The molecule has 0 unspecified atom stereocenters. The van der Waals surface area contributed by atoms with Crippen LogP contribution in [0.15, 0.2) is 36.4 Å². The van der Waals surface area contributed by atoms with Crippen molar-refractivity contribution in [3.63, 3.8) is 0 Å². The molecule has 1 aromatic carbocycles. The molecule has 3 aliphatic heterocycles. The standard InChI is InChI=1S/C16H15NO4/c1-9-2-4-10(5-3-9)17-8-16-7-6-11(21-16)12(15(19)20)13(16)14(17)18/h2-7,11-13H,8H2,1H3,(H,19,20)/t11-,12+,13+,16+/m1/s1. The zero-order valence-corrected chi connectivity index (χ0v) is 11.5. The normalized spacial score (nSPS) is 36.3. The fraction of sp³-hybridized carbons (Fsp3) is 0.375. The van der Waals surface area contributed by atoms with E-state index in [1.54, 1.807) is 11.0 Å². The summed E-state index contributed by atoms with van der Waals surface area (Å²) in [5, 5.41) is 9.41. The van der Waals surface area contributed by atoms with Crippen LogP contribution >= 0.6 is 0 Å². The van der Waals surface area contributed by atoms with Gasteiger partial charge in [-0.1, -0.05) is 29.8 Å². The van der Waals surface area contributed by atoms with Gasteiger partial charge in [0, 0.05) is 5.69 Å². The summed E-state index contributed by atoms with van der Waals surface area (Å²) in [7, 11) is 0. The van der Waals surface area contributed by atoms with Crippen LogP contribution < -0.4 is 4.90 Å². The second-order valence-electron chi connectivity index (χ2n) is 6.00. The fourth-order valence-corrected chi connectivity index (χ4v) is 3.72. The van der Waals surface area contributed by atoms with Crippen molar-refractivity contribution in [3.8, 4) is 0 Å². The topological polar surface area (TPSA) is 66.8 Å². The van der Waals surface area contributed by atoms with Crippen LogP contribution in [0.1, 0.15) is 5.56 Å². The minimum Gasteiger partial charge on any atom is -0.481 e. The molecule has 5 heteroatoms. The van der Waals surface area contributed by atoms with E-state index in [4.69, 9.17) is 4.74 Å². The van der Waals surface area contributed by atoms with Gasteiger partial charge in [-0.2, -0.15) is 0 Å². The first-order valence-electron chi connectivity index (χ1n) is 7.00. The highest BCUT2D eigenvalue weighted by Gasteiger charge is 2.67. The van der Waals surface area contributed by atoms with Crippen LogP contribution in [0.5, 0.6) is 0 Å². The van der Waals surface area contributed by atoms with Crippen molar-refractivity contribution in [3.05, 3.63) is 42.0 Å². The molecule has 108 valence electrons. The van der Waals surface area contributed by atoms with Gasteiger partial charge in [-0.25, -0.2) is 0 Å². The number of amides is 1. The Morgan fingerprint density at radius 3 is 2.76 bits per heavy atom. The summed E-state index contributed by atoms with van der Waals surface area (Å²) in [6.07, 6.45) is 3.17. The van der Waals surface area contributed by atoms with E-state index in [0.29, 0.717) is 6.54 Å². The molecule has 0 saturated carbocycles. The number of carbonyl (C=O) groups is 2. The molecule has 0 aromatic heterocycles. The number of aryl methyl sites for hydroxylation is 1. The maximum absolute atomic E-state index is 12.7. The molecule has 1 amide bonds. The van der Waals surface area contributed by atoms with Gasteiger partial charge in [0.05, 0.1) is 18.6 Å². The first kappa shape index (κ1) is 12.6. The maximum Gasteiger partial charge on any atom is 0.310 e. The van der Waals surface area contributed by atoms with Gasteiger partial charge in [0.2, 0.25) is 5.91 Å². The molecule has 4 rings (SSSR count). The number of hydrogen-bond acceptors (Lipinski definition) is 3. The van der Waals surface area contributed by atoms with Crippen LogP contribution in [0.4, 0.5) is 5.69 Å². The predicted octanol–water partition coefficient (Wildman–Crippen LogP) is 1.37. The number of fused-ring (bicyclic) bond motifs is 1. The predicted molar refractivity (Wildman–Crippen MR) is 74.9 cm³/mol. The Morgan fingerprint density at radius 1 is 1.38 bits per heavy atom. The van der Waals surface area contributed by atoms with Crippen LogP contribution in [0.2, 0.25) is 0 Å². The van der Waals surface area contributed by atoms with E-state index in [-0.39, 0.29) is 5.91 Å². The zero-order valence-electron chi connectivity index (χ0n) is 11.5. The number of carboxylic acid groups (broad SMARTS) is 1. The highest BCUT2D eigenvalue weighted by molar-refractivity contribution is 6.02. The van der Waals surface area contributed by atoms with Crippen molar-refractivity contribution >= 4 is 17.6 Å². The number of carbonyl (C=O) groups excluding carboxylic acids is 1. The SMILES string of the molecule is Cc1ccc(N2C[C@]34C=C[C@@H](O3)[C@H](C(=O)O)[C@H]4C2=O)cc1. The molecule has 3 heterocycles. The molecule has 1 N–H and O–H groups in total. The summed E-state index contributed by atoms with van der Waals surface area (Å²) in [4.78, 5) is 25.8. The Morgan fingerprint density at radius 2 is 2.10 bits per heavy atom. The molecule has 1 aromatic rings. The van der Waals surface area contributed by atoms with Crippen LogP contribution in [-0.4, -0.2) is 35.2 Å². The molecular formula is C16H15NO4. The third-order valence-corrected chi connectivity index (χ3v) is 4.73. The fourth-order valence-electron chi connectivity index (χ4n) is 3.72. The maximum atomic E-state index is 12.7. The van der Waals surface area contributed by atoms with Crippen LogP contribution in [0.3, 0.4) is 0 Å². The summed E-state index contributed by atoms with van der Waals surface area (Å²) < 4.78 is 5.85. The number of carboxylic acids is 1. The molecule has 2 saturated heterocycles. The molecule has 3 aliphatic rings. The lowest BCUT2D eigenvalue weighted by Crippen LogP contribution is -2.39. The van der Waals surface area contributed by atoms with Crippen molar-refractivity contribution < 1.29 is 19.4 Å². The number of aliphatic carboxylic acids is 1. The summed E-state index contributed by atoms with van der Waals surface area (Å²) in [6.45, 7) is 2.37. The Balaban J connectivity index is 1.73. The van der Waals surface area contributed by atoms with Crippen LogP contribution in [-0.2, 0) is 14.3 Å². The number of nitrogens with zero attached hydrogens (tertiary/aromatic N) is 1. The summed E-state index contributed by atoms with van der Waals surface area (Å²) in [6, 6.07) is 7.65. The van der Waals surface area contributed by atoms with E-state index in [2.05, 4.69) is 0 Å². The van der Waals surface area contributed by atoms with Gasteiger partial charge in [0.15, 0.2) is 0 Å². The van der Waals surface area contributed by atoms with E-state index in [0.717, 1.165) is 11.3 Å². The van der Waals surface area contributed by atoms with Gasteiger partial charge in [-0.3, -0.25) is 9.59 Å². The van der Waals surface area contributed by atoms with Gasteiger partial charge in [0.25, 0.3) is 0 Å². The van der Waals surface area contributed by atoms with Gasteiger partial charge < -0.3 is 14.7 Å². The Kier molecular flexibility index (Phi) is 2.37. The molecule has 2 fully saturated rings. The molecule has 1 spiro atoms. The molecule has 0 aliphatic carbocycles. The number of rotatable bonds is 2. The summed E-state index contributed by atoms with van der Waals surface area (Å²) in [5.74, 6) is -2.52.